The van der Waals surface area contributed by atoms with Crippen LogP contribution in [-0.4, -0.2) is 34.3 Å². The minimum absolute atomic E-state index is 0.184. The third-order valence-electron chi connectivity index (χ3n) is 2.32. The van der Waals surface area contributed by atoms with Gasteiger partial charge in [-0.15, -0.1) is 0 Å². The summed E-state index contributed by atoms with van der Waals surface area (Å²) in [6.45, 7) is 14.0. The molecule has 0 saturated heterocycles. The van der Waals surface area contributed by atoms with Crippen LogP contribution in [0.15, 0.2) is 0 Å². The second-order valence-corrected chi connectivity index (χ2v) is 7.77. The minimum atomic E-state index is -0.184. The molecule has 0 heterocycles. The Labute approximate surface area is 106 Å². The summed E-state index contributed by atoms with van der Waals surface area (Å²) in [5, 5.41) is 12.8. The number of aliphatic hydroxyl groups is 1. The minimum Gasteiger partial charge on any atom is -0.393 e. The predicted octanol–water partition coefficient (Wildman–Crippen LogP) is 2.90. The molecule has 3 atom stereocenters. The third-order valence-corrected chi connectivity index (χ3v) is 3.86. The zero-order valence-electron chi connectivity index (χ0n) is 11.7. The van der Waals surface area contributed by atoms with Crippen molar-refractivity contribution in [1.29, 1.82) is 0 Å². The van der Waals surface area contributed by atoms with E-state index in [-0.39, 0.29) is 6.10 Å². The van der Waals surface area contributed by atoms with E-state index >= 15 is 0 Å². The van der Waals surface area contributed by atoms with Crippen molar-refractivity contribution >= 4 is 11.8 Å². The molecule has 0 amide bonds. The molecule has 0 aliphatic carbocycles. The number of rotatable bonds is 7. The molecule has 16 heavy (non-hydrogen) atoms. The molecule has 0 aromatic carbocycles. The van der Waals surface area contributed by atoms with Crippen molar-refractivity contribution in [2.75, 3.05) is 12.3 Å². The lowest BCUT2D eigenvalue weighted by Crippen LogP contribution is -2.34. The van der Waals surface area contributed by atoms with Crippen molar-refractivity contribution in [1.82, 2.24) is 5.32 Å². The monoisotopic (exact) mass is 247 g/mol. The van der Waals surface area contributed by atoms with Gasteiger partial charge < -0.3 is 10.4 Å². The zero-order chi connectivity index (χ0) is 12.8. The summed E-state index contributed by atoms with van der Waals surface area (Å²) in [6.07, 6.45) is 0.697. The van der Waals surface area contributed by atoms with E-state index in [1.807, 2.05) is 18.7 Å². The van der Waals surface area contributed by atoms with Gasteiger partial charge in [-0.3, -0.25) is 0 Å². The van der Waals surface area contributed by atoms with E-state index < -0.39 is 0 Å². The first-order valence-corrected chi connectivity index (χ1v) is 7.24. The topological polar surface area (TPSA) is 32.3 Å². The summed E-state index contributed by atoms with van der Waals surface area (Å²) >= 11 is 2.00. The summed E-state index contributed by atoms with van der Waals surface area (Å²) in [6, 6.07) is 0.542. The van der Waals surface area contributed by atoms with Gasteiger partial charge in [0.25, 0.3) is 0 Å². The van der Waals surface area contributed by atoms with Crippen LogP contribution in [0.3, 0.4) is 0 Å². The van der Waals surface area contributed by atoms with Crippen LogP contribution in [0.2, 0.25) is 0 Å². The average molecular weight is 247 g/mol. The summed E-state index contributed by atoms with van der Waals surface area (Å²) in [5.74, 6) is 1.69. The van der Waals surface area contributed by atoms with Crippen LogP contribution in [0.4, 0.5) is 0 Å². The molecule has 0 bridgehead atoms. The van der Waals surface area contributed by atoms with E-state index in [0.29, 0.717) is 16.7 Å². The summed E-state index contributed by atoms with van der Waals surface area (Å²) in [5.41, 5.74) is 0. The Kier molecular flexibility index (Phi) is 7.70. The molecule has 98 valence electrons. The molecule has 0 aromatic rings. The molecule has 0 spiro atoms. The van der Waals surface area contributed by atoms with Crippen LogP contribution in [-0.2, 0) is 0 Å². The van der Waals surface area contributed by atoms with E-state index in [1.165, 1.54) is 0 Å². The lowest BCUT2D eigenvalue weighted by atomic mass is 10.0. The van der Waals surface area contributed by atoms with Crippen LogP contribution in [0.1, 0.15) is 48.0 Å². The van der Waals surface area contributed by atoms with E-state index in [2.05, 4.69) is 39.9 Å². The second kappa shape index (κ2) is 7.57. The molecule has 0 radical (unpaired) electrons. The van der Waals surface area contributed by atoms with E-state index in [1.54, 1.807) is 0 Å². The third kappa shape index (κ3) is 10.8. The van der Waals surface area contributed by atoms with Gasteiger partial charge in [0.2, 0.25) is 0 Å². The molecular weight excluding hydrogens is 218 g/mol. The average Bonchev–Trinajstić information content (AvgIpc) is 2.09. The van der Waals surface area contributed by atoms with Crippen molar-refractivity contribution in [2.24, 2.45) is 5.92 Å². The molecule has 2 nitrogen and oxygen atoms in total. The Bertz CT molecular complexity index is 177. The van der Waals surface area contributed by atoms with Crippen molar-refractivity contribution in [2.45, 2.75) is 64.9 Å². The number of aliphatic hydroxyl groups excluding tert-OH is 1. The Morgan fingerprint density at radius 2 is 1.75 bits per heavy atom. The van der Waals surface area contributed by atoms with Gasteiger partial charge in [0.1, 0.15) is 0 Å². The maximum Gasteiger partial charge on any atom is 0.0515 e. The van der Waals surface area contributed by atoms with Gasteiger partial charge in [-0.2, -0.15) is 11.8 Å². The van der Waals surface area contributed by atoms with Crippen molar-refractivity contribution in [3.63, 3.8) is 0 Å². The van der Waals surface area contributed by atoms with Gasteiger partial charge in [0.15, 0.2) is 0 Å². The molecular formula is C13H29NOS. The van der Waals surface area contributed by atoms with Crippen LogP contribution in [0.5, 0.6) is 0 Å². The lowest BCUT2D eigenvalue weighted by Gasteiger charge is -2.23. The van der Waals surface area contributed by atoms with Gasteiger partial charge in [-0.05, 0) is 32.7 Å². The highest BCUT2D eigenvalue weighted by Gasteiger charge is 2.13. The summed E-state index contributed by atoms with van der Waals surface area (Å²) in [7, 11) is 0. The number of hydrogen-bond donors (Lipinski definition) is 2. The molecule has 3 unspecified atom stereocenters. The largest absolute Gasteiger partial charge is 0.393 e. The molecule has 0 saturated carbocycles. The first-order valence-electron chi connectivity index (χ1n) is 6.26. The van der Waals surface area contributed by atoms with Gasteiger partial charge in [0, 0.05) is 16.5 Å². The quantitative estimate of drug-likeness (QED) is 0.725. The maximum atomic E-state index is 9.27. The van der Waals surface area contributed by atoms with Crippen LogP contribution in [0, 0.1) is 5.92 Å². The van der Waals surface area contributed by atoms with Gasteiger partial charge in [-0.25, -0.2) is 0 Å². The zero-order valence-corrected chi connectivity index (χ0v) is 12.5. The van der Waals surface area contributed by atoms with Crippen LogP contribution >= 0.6 is 11.8 Å². The Hall–Kier alpha value is 0.270. The number of nitrogens with one attached hydrogen (secondary N) is 1. The van der Waals surface area contributed by atoms with Gasteiger partial charge >= 0.3 is 0 Å². The first-order chi connectivity index (χ1) is 7.20. The molecule has 0 aliphatic rings. The fourth-order valence-electron chi connectivity index (χ4n) is 1.50. The molecule has 0 aliphatic heterocycles. The number of hydrogen-bond acceptors (Lipinski definition) is 3. The van der Waals surface area contributed by atoms with Crippen molar-refractivity contribution in [3.8, 4) is 0 Å². The SMILES string of the molecule is CC(O)CC(C)CNC(C)CSC(C)(C)C. The highest BCUT2D eigenvalue weighted by Crippen LogP contribution is 2.23. The lowest BCUT2D eigenvalue weighted by molar-refractivity contribution is 0.163. The predicted molar refractivity (Wildman–Crippen MR) is 75.1 cm³/mol. The Balaban J connectivity index is 3.61. The smallest absolute Gasteiger partial charge is 0.0515 e. The van der Waals surface area contributed by atoms with Gasteiger partial charge in [0.05, 0.1) is 6.10 Å². The van der Waals surface area contributed by atoms with Gasteiger partial charge in [-0.1, -0.05) is 27.7 Å². The summed E-state index contributed by atoms with van der Waals surface area (Å²) in [4.78, 5) is 0. The maximum absolute atomic E-state index is 9.27. The molecule has 0 rings (SSSR count). The van der Waals surface area contributed by atoms with E-state index in [9.17, 15) is 5.11 Å². The summed E-state index contributed by atoms with van der Waals surface area (Å²) < 4.78 is 0.348. The standard InChI is InChI=1S/C13H29NOS/c1-10(7-12(3)15)8-14-11(2)9-16-13(4,5)6/h10-12,14-15H,7-9H2,1-6H3. The molecule has 3 heteroatoms. The molecule has 2 N–H and O–H groups in total. The Morgan fingerprint density at radius 1 is 1.19 bits per heavy atom. The highest BCUT2D eigenvalue weighted by molar-refractivity contribution is 8.00. The van der Waals surface area contributed by atoms with Crippen molar-refractivity contribution in [3.05, 3.63) is 0 Å². The van der Waals surface area contributed by atoms with Crippen LogP contribution < -0.4 is 5.32 Å². The normalized spacial score (nSPS) is 18.2. The van der Waals surface area contributed by atoms with Crippen LogP contribution in [0.25, 0.3) is 0 Å². The highest BCUT2D eigenvalue weighted by atomic mass is 32.2. The van der Waals surface area contributed by atoms with E-state index in [4.69, 9.17) is 0 Å². The fourth-order valence-corrected chi connectivity index (χ4v) is 2.37. The first kappa shape index (κ1) is 16.3. The molecule has 0 aromatic heterocycles. The molecule has 0 fully saturated rings. The fraction of sp³-hybridized carbons (Fsp3) is 1.00. The Morgan fingerprint density at radius 3 is 2.19 bits per heavy atom. The van der Waals surface area contributed by atoms with E-state index in [0.717, 1.165) is 18.7 Å². The number of thioether (sulfide) groups is 1. The second-order valence-electron chi connectivity index (χ2n) is 5.92. The van der Waals surface area contributed by atoms with Crippen molar-refractivity contribution < 1.29 is 5.11 Å².